The zero-order valence-electron chi connectivity index (χ0n) is 49.5. The number of para-hydroxylation sites is 1. The Morgan fingerprint density at radius 3 is 1.76 bits per heavy atom. The zero-order valence-corrected chi connectivity index (χ0v) is 27.5. The Hall–Kier alpha value is -7.37. The molecule has 0 bridgehead atoms. The minimum absolute atomic E-state index is 0.144. The molecule has 0 aliphatic rings. The van der Waals surface area contributed by atoms with Gasteiger partial charge in [-0.2, -0.15) is 0 Å². The van der Waals surface area contributed by atoms with Crippen molar-refractivity contribution in [2.24, 2.45) is 0 Å². The highest BCUT2D eigenvalue weighted by molar-refractivity contribution is 6.12. The molecule has 0 N–H and O–H groups in total. The second-order valence-corrected chi connectivity index (χ2v) is 11.6. The zero-order chi connectivity index (χ0) is 55.0. The van der Waals surface area contributed by atoms with Crippen molar-refractivity contribution in [3.8, 4) is 45.3 Å². The van der Waals surface area contributed by atoms with Crippen LogP contribution in [-0.2, 0) is 0 Å². The van der Waals surface area contributed by atoms with Crippen LogP contribution in [-0.4, -0.2) is 15.0 Å². The highest BCUT2D eigenvalue weighted by Crippen LogP contribution is 2.40. The number of benzene rings is 8. The van der Waals surface area contributed by atoms with Gasteiger partial charge in [-0.3, -0.25) is 0 Å². The molecular formula is C49H32N4O. The van der Waals surface area contributed by atoms with E-state index in [2.05, 4.69) is 15.0 Å². The maximum absolute atomic E-state index is 9.55. The molecule has 0 spiro atoms. The van der Waals surface area contributed by atoms with Crippen LogP contribution in [0.25, 0.3) is 78.0 Å². The minimum atomic E-state index is -1.13. The summed E-state index contributed by atoms with van der Waals surface area (Å²) in [5.41, 5.74) is -4.54. The van der Waals surface area contributed by atoms with Crippen LogP contribution in [0.2, 0.25) is 0 Å². The fraction of sp³-hybridized carbons (Fsp3) is 0. The third-order valence-corrected chi connectivity index (χ3v) is 8.25. The van der Waals surface area contributed by atoms with Gasteiger partial charge in [0.15, 0.2) is 17.5 Å². The summed E-state index contributed by atoms with van der Waals surface area (Å²) in [7, 11) is 0. The van der Waals surface area contributed by atoms with Gasteiger partial charge in [0.1, 0.15) is 11.2 Å². The van der Waals surface area contributed by atoms with Crippen molar-refractivity contribution in [2.75, 3.05) is 4.90 Å². The molecule has 0 amide bonds. The molecule has 2 aromatic heterocycles. The first-order valence-corrected chi connectivity index (χ1v) is 16.2. The summed E-state index contributed by atoms with van der Waals surface area (Å²) in [5.74, 6) is 0.0891. The van der Waals surface area contributed by atoms with E-state index in [0.717, 1.165) is 0 Å². The van der Waals surface area contributed by atoms with E-state index < -0.39 is 183 Å². The van der Waals surface area contributed by atoms with Crippen LogP contribution in [0.15, 0.2) is 198 Å². The maximum atomic E-state index is 9.55. The molecule has 2 heterocycles. The Labute approximate surface area is 343 Å². The Kier molecular flexibility index (Phi) is 3.97. The lowest BCUT2D eigenvalue weighted by molar-refractivity contribution is 0.669. The molecule has 0 unspecified atom stereocenters. The third kappa shape index (κ3) is 5.74. The Bertz CT molecular complexity index is 4100. The summed E-state index contributed by atoms with van der Waals surface area (Å²) in [6.45, 7) is 0. The molecule has 254 valence electrons. The van der Waals surface area contributed by atoms with Crippen molar-refractivity contribution in [3.63, 3.8) is 0 Å². The average Bonchev–Trinajstić information content (AvgIpc) is 4.03. The Balaban J connectivity index is 1.27. The van der Waals surface area contributed by atoms with E-state index in [4.69, 9.17) is 22.2 Å². The lowest BCUT2D eigenvalue weighted by Gasteiger charge is -2.26. The van der Waals surface area contributed by atoms with E-state index in [9.17, 15) is 12.3 Å². The number of anilines is 3. The standard InChI is InChI=1S/C49H32N4O/c1-4-14-35(15-5-1)47-50-48(36-16-6-2-7-17-36)52-49(51-47)43-21-12-22-44-46(43)42-30-26-38(32-45(42)54-44)34-23-27-40(28-24-34)53(39-19-8-3-9-20-39)41-29-25-33-13-10-11-18-37(33)31-41/h1-32H/i3D,8D,9D,10D,11D,12D,13D,18D,19D,20D,21D,22D,23D,24D,25D,26D,27D,28D,29D,30D,31D,32D. The summed E-state index contributed by atoms with van der Waals surface area (Å²) in [4.78, 5) is 14.5. The van der Waals surface area contributed by atoms with Crippen molar-refractivity contribution in [3.05, 3.63) is 194 Å². The van der Waals surface area contributed by atoms with Crippen LogP contribution in [0.4, 0.5) is 17.1 Å². The van der Waals surface area contributed by atoms with Gasteiger partial charge in [0.05, 0.1) is 30.2 Å². The van der Waals surface area contributed by atoms with E-state index in [1.165, 1.54) is 0 Å². The molecule has 0 saturated carbocycles. The number of furan rings is 1. The second kappa shape index (κ2) is 13.3. The number of hydrogen-bond donors (Lipinski definition) is 0. The molecule has 10 rings (SSSR count). The molecule has 0 fully saturated rings. The predicted octanol–water partition coefficient (Wildman–Crippen LogP) is 13.1. The van der Waals surface area contributed by atoms with Crippen molar-refractivity contribution in [1.29, 1.82) is 0 Å². The Morgan fingerprint density at radius 1 is 0.426 bits per heavy atom. The highest BCUT2D eigenvalue weighted by atomic mass is 16.3. The van der Waals surface area contributed by atoms with Crippen molar-refractivity contribution in [1.82, 2.24) is 15.0 Å². The molecule has 0 radical (unpaired) electrons. The second-order valence-electron chi connectivity index (χ2n) is 11.6. The van der Waals surface area contributed by atoms with Gasteiger partial charge in [0.2, 0.25) is 0 Å². The summed E-state index contributed by atoms with van der Waals surface area (Å²) in [5, 5.41) is -1.80. The largest absolute Gasteiger partial charge is 0.456 e. The van der Waals surface area contributed by atoms with Gasteiger partial charge in [-0.15, -0.1) is 0 Å². The van der Waals surface area contributed by atoms with Crippen LogP contribution in [0.1, 0.15) is 30.2 Å². The van der Waals surface area contributed by atoms with Crippen LogP contribution >= 0.6 is 0 Å². The van der Waals surface area contributed by atoms with Gasteiger partial charge < -0.3 is 9.32 Å². The molecule has 0 saturated heterocycles. The van der Waals surface area contributed by atoms with Gasteiger partial charge in [-0.25, -0.2) is 15.0 Å². The maximum Gasteiger partial charge on any atom is 0.164 e. The predicted molar refractivity (Wildman–Crippen MR) is 221 cm³/mol. The fourth-order valence-corrected chi connectivity index (χ4v) is 5.78. The summed E-state index contributed by atoms with van der Waals surface area (Å²) in [6.07, 6.45) is 0. The fourth-order valence-electron chi connectivity index (χ4n) is 5.78. The summed E-state index contributed by atoms with van der Waals surface area (Å²) >= 11 is 0. The van der Waals surface area contributed by atoms with Gasteiger partial charge in [-0.05, 0) is 76.3 Å². The molecule has 54 heavy (non-hydrogen) atoms. The lowest BCUT2D eigenvalue weighted by Crippen LogP contribution is -2.09. The molecule has 0 aliphatic carbocycles. The first-order valence-electron chi connectivity index (χ1n) is 27.2. The van der Waals surface area contributed by atoms with Crippen LogP contribution in [0.5, 0.6) is 0 Å². The first kappa shape index (κ1) is 16.1. The van der Waals surface area contributed by atoms with Crippen LogP contribution in [0, 0.1) is 0 Å². The summed E-state index contributed by atoms with van der Waals surface area (Å²) < 4.78 is 204. The quantitative estimate of drug-likeness (QED) is 0.164. The topological polar surface area (TPSA) is 55.1 Å². The van der Waals surface area contributed by atoms with E-state index >= 15 is 0 Å². The lowest BCUT2D eigenvalue weighted by atomic mass is 10.0. The van der Waals surface area contributed by atoms with Gasteiger partial charge >= 0.3 is 0 Å². The average molecular weight is 715 g/mol. The molecule has 10 aromatic rings. The molecule has 0 aliphatic heterocycles. The number of hydrogen-bond acceptors (Lipinski definition) is 5. The van der Waals surface area contributed by atoms with E-state index in [-0.39, 0.29) is 33.8 Å². The number of fused-ring (bicyclic) bond motifs is 4. The van der Waals surface area contributed by atoms with Gasteiger partial charge in [0.25, 0.3) is 0 Å². The van der Waals surface area contributed by atoms with E-state index in [0.29, 0.717) is 16.0 Å². The summed E-state index contributed by atoms with van der Waals surface area (Å²) in [6, 6.07) is -2.59. The van der Waals surface area contributed by atoms with Crippen molar-refractivity contribution >= 4 is 49.8 Å². The van der Waals surface area contributed by atoms with Crippen molar-refractivity contribution < 1.29 is 34.6 Å². The highest BCUT2D eigenvalue weighted by Gasteiger charge is 2.19. The molecule has 0 atom stereocenters. The minimum Gasteiger partial charge on any atom is -0.456 e. The number of nitrogens with zero attached hydrogens (tertiary/aromatic N) is 4. The first-order chi connectivity index (χ1) is 35.9. The van der Waals surface area contributed by atoms with Crippen molar-refractivity contribution in [2.45, 2.75) is 0 Å². The normalized spacial score (nSPS) is 17.0. The smallest absolute Gasteiger partial charge is 0.164 e. The molecule has 8 aromatic carbocycles. The molecular weight excluding hydrogens is 661 g/mol. The molecule has 5 heteroatoms. The van der Waals surface area contributed by atoms with E-state index in [1.807, 2.05) is 0 Å². The van der Waals surface area contributed by atoms with E-state index in [1.54, 1.807) is 60.7 Å². The Morgan fingerprint density at radius 2 is 1.04 bits per heavy atom. The van der Waals surface area contributed by atoms with Crippen LogP contribution in [0.3, 0.4) is 0 Å². The molecule has 5 nitrogen and oxygen atoms in total. The van der Waals surface area contributed by atoms with Gasteiger partial charge in [0, 0.05) is 44.5 Å². The monoisotopic (exact) mass is 714 g/mol. The number of rotatable bonds is 7. The number of aromatic nitrogens is 3. The van der Waals surface area contributed by atoms with Gasteiger partial charge in [-0.1, -0.05) is 139 Å². The SMILES string of the molecule is [2H]c1c([2H])c([2H])c(N(c2c([2H])c([2H])c(-c3c([2H])c([2H])c4c(oc5c([2H])c([2H])c([2H])c(-c6nc(-c7ccccc7)nc(-c7ccccc7)n6)c54)c3[2H])c([2H])c2[2H])c2c([2H])c([2H])c3c([2H])c([2H])c([2H])c([2H])c3c2[2H])c([2H])c1[2H]. The third-order valence-electron chi connectivity index (χ3n) is 8.25. The van der Waals surface area contributed by atoms with Crippen LogP contribution < -0.4 is 4.90 Å².